The first kappa shape index (κ1) is 14.3. The van der Waals surface area contributed by atoms with Crippen LogP contribution < -0.4 is 11.1 Å². The number of anilines is 1. The smallest absolute Gasteiger partial charge is 0.0834 e. The summed E-state index contributed by atoms with van der Waals surface area (Å²) in [6.45, 7) is 3.08. The second kappa shape index (κ2) is 6.35. The molecule has 0 radical (unpaired) electrons. The highest BCUT2D eigenvalue weighted by atomic mass is 16.5. The first-order valence-electron chi connectivity index (χ1n) is 7.19. The fraction of sp³-hybridized carbons (Fsp3) is 0.667. The number of likely N-dealkylation sites (N-methyl/N-ethyl adjacent to an activating group) is 1. The number of hydrogen-bond acceptors (Lipinski definition) is 4. The molecule has 19 heavy (non-hydrogen) atoms. The van der Waals surface area contributed by atoms with Crippen LogP contribution in [0.4, 0.5) is 5.69 Å². The predicted molar refractivity (Wildman–Crippen MR) is 78.0 cm³/mol. The highest BCUT2D eigenvalue weighted by molar-refractivity contribution is 5.44. The Balaban J connectivity index is 2.18. The van der Waals surface area contributed by atoms with Crippen molar-refractivity contribution in [2.75, 3.05) is 19.4 Å². The van der Waals surface area contributed by atoms with Gasteiger partial charge in [0, 0.05) is 31.2 Å². The van der Waals surface area contributed by atoms with Crippen molar-refractivity contribution in [2.24, 2.45) is 0 Å². The van der Waals surface area contributed by atoms with Gasteiger partial charge in [0.1, 0.15) is 0 Å². The summed E-state index contributed by atoms with van der Waals surface area (Å²) in [7, 11) is 1.84. The van der Waals surface area contributed by atoms with E-state index in [9.17, 15) is 0 Å². The van der Waals surface area contributed by atoms with Gasteiger partial charge in [-0.3, -0.25) is 4.98 Å². The highest BCUT2D eigenvalue weighted by Gasteiger charge is 2.41. The number of hydrogen-bond donors (Lipinski definition) is 2. The molecule has 0 aliphatic heterocycles. The van der Waals surface area contributed by atoms with Crippen molar-refractivity contribution in [1.82, 2.24) is 10.3 Å². The summed E-state index contributed by atoms with van der Waals surface area (Å²) in [5, 5.41) is 3.58. The molecule has 4 nitrogen and oxygen atoms in total. The molecule has 0 amide bonds. The topological polar surface area (TPSA) is 60.2 Å². The maximum atomic E-state index is 6.04. The lowest BCUT2D eigenvalue weighted by molar-refractivity contribution is -0.0351. The number of pyridine rings is 1. The van der Waals surface area contributed by atoms with E-state index in [0.29, 0.717) is 6.04 Å². The molecule has 0 spiro atoms. The summed E-state index contributed by atoms with van der Waals surface area (Å²) in [5.41, 5.74) is 7.93. The zero-order valence-corrected chi connectivity index (χ0v) is 12.0. The quantitative estimate of drug-likeness (QED) is 0.825. The monoisotopic (exact) mass is 263 g/mol. The molecule has 1 fully saturated rings. The number of nitrogens with one attached hydrogen (secondary N) is 1. The van der Waals surface area contributed by atoms with Gasteiger partial charge < -0.3 is 15.8 Å². The third kappa shape index (κ3) is 3.07. The molecule has 4 heteroatoms. The van der Waals surface area contributed by atoms with Gasteiger partial charge in [0.05, 0.1) is 5.60 Å². The van der Waals surface area contributed by atoms with Gasteiger partial charge in [-0.05, 0) is 37.4 Å². The summed E-state index contributed by atoms with van der Waals surface area (Å²) in [6, 6.07) is 2.17. The fourth-order valence-corrected chi connectivity index (χ4v) is 3.19. The van der Waals surface area contributed by atoms with Crippen molar-refractivity contribution in [3.05, 3.63) is 24.0 Å². The Morgan fingerprint density at radius 3 is 2.79 bits per heavy atom. The number of nitrogen functional groups attached to an aromatic ring is 1. The minimum atomic E-state index is -0.0434. The zero-order valence-electron chi connectivity index (χ0n) is 12.0. The van der Waals surface area contributed by atoms with Gasteiger partial charge in [-0.15, -0.1) is 0 Å². The summed E-state index contributed by atoms with van der Waals surface area (Å²) < 4.78 is 5.90. The molecule has 3 N–H and O–H groups in total. The van der Waals surface area contributed by atoms with E-state index in [1.807, 2.05) is 19.4 Å². The Labute approximate surface area is 115 Å². The molecular formula is C15H25N3O. The fourth-order valence-electron chi connectivity index (χ4n) is 3.19. The lowest BCUT2D eigenvalue weighted by atomic mass is 9.87. The van der Waals surface area contributed by atoms with Crippen LogP contribution in [-0.2, 0) is 11.2 Å². The molecule has 106 valence electrons. The lowest BCUT2D eigenvalue weighted by Crippen LogP contribution is -2.51. The normalized spacial score (nSPS) is 19.5. The van der Waals surface area contributed by atoms with Crippen LogP contribution in [0.5, 0.6) is 0 Å². The SMILES string of the molecule is CCNC(Cc1cnccc1N)C1(OC)CCCC1. The highest BCUT2D eigenvalue weighted by Crippen LogP contribution is 2.37. The Morgan fingerprint density at radius 1 is 1.47 bits per heavy atom. The van der Waals surface area contributed by atoms with Crippen molar-refractivity contribution in [3.8, 4) is 0 Å². The number of nitrogens with zero attached hydrogens (tertiary/aromatic N) is 1. The molecule has 1 atom stereocenters. The number of aromatic nitrogens is 1. The van der Waals surface area contributed by atoms with Crippen LogP contribution >= 0.6 is 0 Å². The molecule has 1 aliphatic carbocycles. The Morgan fingerprint density at radius 2 is 2.21 bits per heavy atom. The molecule has 1 saturated carbocycles. The first-order chi connectivity index (χ1) is 9.22. The Hall–Kier alpha value is -1.13. The van der Waals surface area contributed by atoms with Crippen LogP contribution in [0.3, 0.4) is 0 Å². The van der Waals surface area contributed by atoms with E-state index in [1.54, 1.807) is 6.20 Å². The molecular weight excluding hydrogens is 238 g/mol. The summed E-state index contributed by atoms with van der Waals surface area (Å²) in [4.78, 5) is 4.19. The van der Waals surface area contributed by atoms with Crippen molar-refractivity contribution >= 4 is 5.69 Å². The van der Waals surface area contributed by atoms with Crippen LogP contribution in [0.1, 0.15) is 38.2 Å². The van der Waals surface area contributed by atoms with Crippen LogP contribution in [-0.4, -0.2) is 30.3 Å². The average Bonchev–Trinajstić information content (AvgIpc) is 2.90. The van der Waals surface area contributed by atoms with Gasteiger partial charge in [-0.2, -0.15) is 0 Å². The van der Waals surface area contributed by atoms with Crippen LogP contribution in [0.2, 0.25) is 0 Å². The predicted octanol–water partition coefficient (Wildman–Crippen LogP) is 2.14. The number of ether oxygens (including phenoxy) is 1. The number of methoxy groups -OCH3 is 1. The van der Waals surface area contributed by atoms with E-state index < -0.39 is 0 Å². The Kier molecular flexibility index (Phi) is 4.77. The summed E-state index contributed by atoms with van der Waals surface area (Å²) >= 11 is 0. The van der Waals surface area contributed by atoms with E-state index in [-0.39, 0.29) is 5.60 Å². The largest absolute Gasteiger partial charge is 0.398 e. The Bertz CT molecular complexity index is 402. The third-order valence-electron chi connectivity index (χ3n) is 4.31. The van der Waals surface area contributed by atoms with E-state index in [2.05, 4.69) is 17.2 Å². The third-order valence-corrected chi connectivity index (χ3v) is 4.31. The first-order valence-corrected chi connectivity index (χ1v) is 7.19. The van der Waals surface area contributed by atoms with E-state index in [4.69, 9.17) is 10.5 Å². The molecule has 1 aliphatic rings. The summed E-state index contributed by atoms with van der Waals surface area (Å²) in [6.07, 6.45) is 9.24. The van der Waals surface area contributed by atoms with Crippen molar-refractivity contribution in [1.29, 1.82) is 0 Å². The van der Waals surface area contributed by atoms with Gasteiger partial charge in [0.2, 0.25) is 0 Å². The maximum absolute atomic E-state index is 6.04. The molecule has 0 aromatic carbocycles. The lowest BCUT2D eigenvalue weighted by Gasteiger charge is -2.37. The molecule has 1 aromatic rings. The number of nitrogens with two attached hydrogens (primary N) is 1. The van der Waals surface area contributed by atoms with Gasteiger partial charge in [-0.25, -0.2) is 0 Å². The van der Waals surface area contributed by atoms with E-state index >= 15 is 0 Å². The minimum Gasteiger partial charge on any atom is -0.398 e. The standard InChI is InChI=1S/C15H25N3O/c1-3-18-14(15(19-2)7-4-5-8-15)10-12-11-17-9-6-13(12)16/h6,9,11,14,18H,3-5,7-8,10H2,1-2H3,(H2,16,17). The molecule has 1 heterocycles. The van der Waals surface area contributed by atoms with Gasteiger partial charge in [0.25, 0.3) is 0 Å². The molecule has 0 saturated heterocycles. The van der Waals surface area contributed by atoms with Crippen molar-refractivity contribution in [3.63, 3.8) is 0 Å². The average molecular weight is 263 g/mol. The zero-order chi connectivity index (χ0) is 13.7. The molecule has 1 aromatic heterocycles. The summed E-state index contributed by atoms with van der Waals surface area (Å²) in [5.74, 6) is 0. The van der Waals surface area contributed by atoms with Gasteiger partial charge in [-0.1, -0.05) is 19.8 Å². The molecule has 2 rings (SSSR count). The van der Waals surface area contributed by atoms with Crippen LogP contribution in [0.25, 0.3) is 0 Å². The minimum absolute atomic E-state index is 0.0434. The second-order valence-electron chi connectivity index (χ2n) is 5.36. The number of rotatable bonds is 6. The van der Waals surface area contributed by atoms with E-state index in [1.165, 1.54) is 12.8 Å². The van der Waals surface area contributed by atoms with Crippen LogP contribution in [0, 0.1) is 0 Å². The maximum Gasteiger partial charge on any atom is 0.0834 e. The van der Waals surface area contributed by atoms with Crippen molar-refractivity contribution < 1.29 is 4.74 Å². The van der Waals surface area contributed by atoms with Gasteiger partial charge >= 0.3 is 0 Å². The molecule has 1 unspecified atom stereocenters. The van der Waals surface area contributed by atoms with Gasteiger partial charge in [0.15, 0.2) is 0 Å². The van der Waals surface area contributed by atoms with Crippen LogP contribution in [0.15, 0.2) is 18.5 Å². The molecule has 0 bridgehead atoms. The van der Waals surface area contributed by atoms with Crippen molar-refractivity contribution in [2.45, 2.75) is 50.7 Å². The van der Waals surface area contributed by atoms with E-state index in [0.717, 1.165) is 37.1 Å². The second-order valence-corrected chi connectivity index (χ2v) is 5.36.